The third-order valence-corrected chi connectivity index (χ3v) is 7.96. The minimum Gasteiger partial charge on any atom is -0.454 e. The van der Waals surface area contributed by atoms with Crippen molar-refractivity contribution < 1.29 is 27.5 Å². The lowest BCUT2D eigenvalue weighted by Gasteiger charge is -2.32. The molecule has 1 heterocycles. The molecule has 10 heteroatoms. The van der Waals surface area contributed by atoms with E-state index in [1.54, 1.807) is 25.1 Å². The van der Waals surface area contributed by atoms with Crippen LogP contribution in [0.5, 0.6) is 11.5 Å². The third-order valence-electron chi connectivity index (χ3n) is 6.22. The van der Waals surface area contributed by atoms with Crippen molar-refractivity contribution in [2.45, 2.75) is 53.1 Å². The van der Waals surface area contributed by atoms with Crippen LogP contribution in [0.25, 0.3) is 0 Å². The fourth-order valence-corrected chi connectivity index (χ4v) is 4.90. The first-order chi connectivity index (χ1) is 17.2. The second kappa shape index (κ2) is 12.1. The zero-order valence-corrected chi connectivity index (χ0v) is 22.1. The van der Waals surface area contributed by atoms with E-state index in [-0.39, 0.29) is 25.0 Å². The number of benzene rings is 2. The van der Waals surface area contributed by atoms with E-state index in [0.717, 1.165) is 28.3 Å². The summed E-state index contributed by atoms with van der Waals surface area (Å²) >= 11 is 0. The molecule has 0 radical (unpaired) electrons. The first kappa shape index (κ1) is 27.3. The van der Waals surface area contributed by atoms with Gasteiger partial charge in [-0.2, -0.15) is 0 Å². The maximum absolute atomic E-state index is 13.7. The number of hydrogen-bond acceptors (Lipinski definition) is 6. The molecule has 36 heavy (non-hydrogen) atoms. The van der Waals surface area contributed by atoms with Crippen molar-refractivity contribution in [2.75, 3.05) is 29.9 Å². The first-order valence-corrected chi connectivity index (χ1v) is 13.8. The Labute approximate surface area is 213 Å². The Hall–Kier alpha value is -3.27. The van der Waals surface area contributed by atoms with Gasteiger partial charge in [-0.1, -0.05) is 37.6 Å². The lowest BCUT2D eigenvalue weighted by molar-refractivity contribution is -0.139. The number of carbonyl (C=O) groups excluding carboxylic acids is 2. The number of anilines is 1. The zero-order chi connectivity index (χ0) is 26.3. The molecule has 2 amide bonds. The second-order valence-electron chi connectivity index (χ2n) is 8.71. The van der Waals surface area contributed by atoms with Gasteiger partial charge in [0.2, 0.25) is 28.6 Å². The fraction of sp³-hybridized carbons (Fsp3) is 0.462. The van der Waals surface area contributed by atoms with Gasteiger partial charge in [-0.15, -0.1) is 0 Å². The summed E-state index contributed by atoms with van der Waals surface area (Å²) in [6, 6.07) is 11.6. The number of hydrogen-bond donors (Lipinski definition) is 1. The van der Waals surface area contributed by atoms with Gasteiger partial charge in [0, 0.05) is 19.2 Å². The molecule has 0 aromatic heterocycles. The Bertz CT molecular complexity index is 1180. The van der Waals surface area contributed by atoms with Gasteiger partial charge in [0.1, 0.15) is 12.6 Å². The van der Waals surface area contributed by atoms with Crippen molar-refractivity contribution in [1.29, 1.82) is 0 Å². The summed E-state index contributed by atoms with van der Waals surface area (Å²) in [5, 5.41) is 2.88. The number of unbranched alkanes of at least 4 members (excludes halogenated alkanes) is 1. The Kier molecular flexibility index (Phi) is 9.19. The van der Waals surface area contributed by atoms with E-state index in [1.807, 2.05) is 38.1 Å². The number of fused-ring (bicyclic) bond motifs is 1. The molecule has 0 aliphatic carbocycles. The fourth-order valence-electron chi connectivity index (χ4n) is 3.85. The molecule has 1 atom stereocenters. The van der Waals surface area contributed by atoms with Crippen LogP contribution in [0, 0.1) is 6.92 Å². The molecule has 1 N–H and O–H groups in total. The highest BCUT2D eigenvalue weighted by Gasteiger charge is 2.31. The summed E-state index contributed by atoms with van der Waals surface area (Å²) in [5.41, 5.74) is 2.15. The number of amides is 2. The van der Waals surface area contributed by atoms with Gasteiger partial charge in [-0.25, -0.2) is 8.42 Å². The van der Waals surface area contributed by atoms with Gasteiger partial charge >= 0.3 is 0 Å². The predicted octanol–water partition coefficient (Wildman–Crippen LogP) is 3.21. The minimum absolute atomic E-state index is 0.0487. The monoisotopic (exact) mass is 517 g/mol. The van der Waals surface area contributed by atoms with Crippen LogP contribution in [0.2, 0.25) is 0 Å². The minimum atomic E-state index is -3.81. The second-order valence-corrected chi connectivity index (χ2v) is 10.9. The summed E-state index contributed by atoms with van der Waals surface area (Å²) in [7, 11) is -3.81. The van der Waals surface area contributed by atoms with Crippen molar-refractivity contribution >= 4 is 27.5 Å². The highest BCUT2D eigenvalue weighted by Crippen LogP contribution is 2.36. The predicted molar refractivity (Wildman–Crippen MR) is 138 cm³/mol. The summed E-state index contributed by atoms with van der Waals surface area (Å²) in [6.45, 7) is 7.44. The molecule has 2 aromatic carbocycles. The topological polar surface area (TPSA) is 105 Å². The molecule has 1 aliphatic heterocycles. The molecule has 0 saturated carbocycles. The molecular formula is C26H35N3O6S. The first-order valence-electron chi connectivity index (χ1n) is 12.2. The number of ether oxygens (including phenoxy) is 2. The SMILES string of the molecule is CCCCNC(=O)[C@H](C)N(Cc1ccccc1C)C(=O)CN(c1ccc2c(c1)OCO2)S(=O)(=O)CC. The van der Waals surface area contributed by atoms with E-state index in [4.69, 9.17) is 9.47 Å². The number of rotatable bonds is 12. The summed E-state index contributed by atoms with van der Waals surface area (Å²) < 4.78 is 37.9. The van der Waals surface area contributed by atoms with Crippen LogP contribution < -0.4 is 19.1 Å². The Morgan fingerprint density at radius 2 is 1.81 bits per heavy atom. The number of aryl methyl sites for hydroxylation is 1. The van der Waals surface area contributed by atoms with Crippen LogP contribution in [0.1, 0.15) is 44.7 Å². The molecule has 3 rings (SSSR count). The van der Waals surface area contributed by atoms with Crippen molar-refractivity contribution in [3.63, 3.8) is 0 Å². The average molecular weight is 518 g/mol. The third kappa shape index (κ3) is 6.48. The molecule has 0 spiro atoms. The number of nitrogens with one attached hydrogen (secondary N) is 1. The van der Waals surface area contributed by atoms with E-state index in [2.05, 4.69) is 5.32 Å². The van der Waals surface area contributed by atoms with Gasteiger partial charge in [-0.05, 0) is 50.5 Å². The van der Waals surface area contributed by atoms with Gasteiger partial charge < -0.3 is 19.7 Å². The molecule has 0 bridgehead atoms. The largest absolute Gasteiger partial charge is 0.454 e. The smallest absolute Gasteiger partial charge is 0.244 e. The Morgan fingerprint density at radius 1 is 1.08 bits per heavy atom. The molecule has 1 aliphatic rings. The summed E-state index contributed by atoms with van der Waals surface area (Å²) in [4.78, 5) is 28.0. The van der Waals surface area contributed by atoms with Gasteiger partial charge in [0.25, 0.3) is 0 Å². The van der Waals surface area contributed by atoms with E-state index in [1.165, 1.54) is 11.8 Å². The summed E-state index contributed by atoms with van der Waals surface area (Å²) in [6.07, 6.45) is 1.76. The van der Waals surface area contributed by atoms with Crippen molar-refractivity contribution in [2.24, 2.45) is 0 Å². The lowest BCUT2D eigenvalue weighted by atomic mass is 10.1. The van der Waals surface area contributed by atoms with E-state index < -0.39 is 28.5 Å². The number of nitrogens with zero attached hydrogens (tertiary/aromatic N) is 2. The maximum atomic E-state index is 13.7. The van der Waals surface area contributed by atoms with Crippen LogP contribution in [-0.2, 0) is 26.2 Å². The lowest BCUT2D eigenvalue weighted by Crippen LogP contribution is -2.51. The van der Waals surface area contributed by atoms with Crippen molar-refractivity contribution in [3.05, 3.63) is 53.6 Å². The van der Waals surface area contributed by atoms with Crippen LogP contribution in [0.15, 0.2) is 42.5 Å². The molecule has 196 valence electrons. The molecule has 9 nitrogen and oxygen atoms in total. The molecular weight excluding hydrogens is 482 g/mol. The molecule has 0 saturated heterocycles. The summed E-state index contributed by atoms with van der Waals surface area (Å²) in [5.74, 6) is -0.0295. The quantitative estimate of drug-likeness (QED) is 0.434. The Balaban J connectivity index is 1.92. The number of sulfonamides is 1. The molecule has 0 unspecified atom stereocenters. The number of carbonyl (C=O) groups is 2. The molecule has 0 fully saturated rings. The van der Waals surface area contributed by atoms with Crippen molar-refractivity contribution in [1.82, 2.24) is 10.2 Å². The average Bonchev–Trinajstić information content (AvgIpc) is 3.34. The molecule has 2 aromatic rings. The van der Waals surface area contributed by atoms with E-state index >= 15 is 0 Å². The van der Waals surface area contributed by atoms with Crippen LogP contribution in [0.3, 0.4) is 0 Å². The zero-order valence-electron chi connectivity index (χ0n) is 21.3. The van der Waals surface area contributed by atoms with E-state index in [0.29, 0.717) is 23.7 Å². The van der Waals surface area contributed by atoms with Crippen LogP contribution >= 0.6 is 0 Å². The highest BCUT2D eigenvalue weighted by atomic mass is 32.2. The van der Waals surface area contributed by atoms with Gasteiger partial charge in [-0.3, -0.25) is 13.9 Å². The van der Waals surface area contributed by atoms with Crippen LogP contribution in [-0.4, -0.2) is 56.8 Å². The normalized spacial score (nSPS) is 13.2. The Morgan fingerprint density at radius 3 is 2.50 bits per heavy atom. The standard InChI is InChI=1S/C26H35N3O6S/c1-5-7-14-27-26(31)20(4)28(16-21-11-9-8-10-19(21)3)25(30)17-29(36(32,33)6-2)22-12-13-23-24(15-22)35-18-34-23/h8-13,15,20H,5-7,14,16-18H2,1-4H3,(H,27,31)/t20-/m0/s1. The highest BCUT2D eigenvalue weighted by molar-refractivity contribution is 7.92. The van der Waals surface area contributed by atoms with Crippen LogP contribution in [0.4, 0.5) is 5.69 Å². The van der Waals surface area contributed by atoms with E-state index in [9.17, 15) is 18.0 Å². The van der Waals surface area contributed by atoms with Gasteiger partial charge in [0.05, 0.1) is 11.4 Å². The van der Waals surface area contributed by atoms with Crippen molar-refractivity contribution in [3.8, 4) is 11.5 Å². The maximum Gasteiger partial charge on any atom is 0.244 e. The van der Waals surface area contributed by atoms with Gasteiger partial charge in [0.15, 0.2) is 11.5 Å².